The van der Waals surface area contributed by atoms with E-state index in [2.05, 4.69) is 63.3 Å². The van der Waals surface area contributed by atoms with Crippen molar-refractivity contribution in [3.05, 3.63) is 35.9 Å². The lowest BCUT2D eigenvalue weighted by Crippen LogP contribution is -3.15. The molecule has 1 saturated carbocycles. The summed E-state index contributed by atoms with van der Waals surface area (Å²) in [6.07, 6.45) is 4.40. The first-order chi connectivity index (χ1) is 13.4. The third-order valence-electron chi connectivity index (χ3n) is 6.93. The van der Waals surface area contributed by atoms with Gasteiger partial charge in [0.2, 0.25) is 5.91 Å². The first kappa shape index (κ1) is 21.3. The Kier molecular flexibility index (Phi) is 7.16. The molecule has 156 valence electrons. The highest BCUT2D eigenvalue weighted by atomic mass is 16.5. The van der Waals surface area contributed by atoms with Crippen LogP contribution in [-0.4, -0.2) is 38.3 Å². The minimum absolute atomic E-state index is 0.114. The Hall–Kier alpha value is -1.39. The van der Waals surface area contributed by atoms with Crippen LogP contribution in [0.25, 0.3) is 0 Å². The average molecular weight is 388 g/mol. The smallest absolute Gasteiger partial charge is 0.223 e. The first-order valence-electron chi connectivity index (χ1n) is 11.1. The van der Waals surface area contributed by atoms with Crippen LogP contribution >= 0.6 is 0 Å². The van der Waals surface area contributed by atoms with Crippen LogP contribution in [0.15, 0.2) is 30.3 Å². The van der Waals surface area contributed by atoms with Crippen molar-refractivity contribution in [3.8, 4) is 0 Å². The van der Waals surface area contributed by atoms with Crippen molar-refractivity contribution < 1.29 is 14.4 Å². The maximum absolute atomic E-state index is 13.0. The summed E-state index contributed by atoms with van der Waals surface area (Å²) in [6.45, 7) is 12.8. The summed E-state index contributed by atoms with van der Waals surface area (Å²) in [6, 6.07) is 11.1. The Balaban J connectivity index is 1.63. The average Bonchev–Trinajstić information content (AvgIpc) is 2.69. The predicted molar refractivity (Wildman–Crippen MR) is 113 cm³/mol. The molecule has 1 aliphatic heterocycles. The second kappa shape index (κ2) is 9.41. The normalized spacial score (nSPS) is 26.4. The molecular formula is C24H39N2O2+. The number of ether oxygens (including phenoxy) is 1. The molecule has 0 unspecified atom stereocenters. The second-order valence-electron chi connectivity index (χ2n) is 9.87. The number of morpholine rings is 1. The van der Waals surface area contributed by atoms with Gasteiger partial charge in [-0.05, 0) is 43.9 Å². The number of carbonyl (C=O) groups excluding carboxylic acids is 1. The van der Waals surface area contributed by atoms with Gasteiger partial charge in [-0.25, -0.2) is 0 Å². The van der Waals surface area contributed by atoms with Crippen molar-refractivity contribution in [1.82, 2.24) is 5.32 Å². The molecule has 1 heterocycles. The van der Waals surface area contributed by atoms with Crippen molar-refractivity contribution in [2.75, 3.05) is 26.3 Å². The zero-order valence-corrected chi connectivity index (χ0v) is 18.2. The van der Waals surface area contributed by atoms with E-state index < -0.39 is 0 Å². The van der Waals surface area contributed by atoms with Crippen LogP contribution in [0.1, 0.15) is 65.0 Å². The Morgan fingerprint density at radius 3 is 2.25 bits per heavy atom. The molecule has 4 heteroatoms. The zero-order valence-electron chi connectivity index (χ0n) is 18.2. The summed E-state index contributed by atoms with van der Waals surface area (Å²) in [7, 11) is 0. The van der Waals surface area contributed by atoms with Gasteiger partial charge in [-0.1, -0.05) is 51.1 Å². The molecule has 0 spiro atoms. The van der Waals surface area contributed by atoms with E-state index in [1.165, 1.54) is 23.3 Å². The maximum atomic E-state index is 13.0. The molecule has 2 atom stereocenters. The molecule has 1 saturated heterocycles. The monoisotopic (exact) mass is 387 g/mol. The molecule has 1 aromatic carbocycles. The number of carbonyl (C=O) groups is 1. The van der Waals surface area contributed by atoms with Gasteiger partial charge in [-0.3, -0.25) is 4.79 Å². The molecule has 2 aliphatic rings. The Bertz CT molecular complexity index is 611. The number of hydrogen-bond donors (Lipinski definition) is 2. The molecule has 1 amide bonds. The van der Waals surface area contributed by atoms with Crippen molar-refractivity contribution in [2.45, 2.75) is 65.5 Å². The summed E-state index contributed by atoms with van der Waals surface area (Å²) < 4.78 is 5.57. The first-order valence-corrected chi connectivity index (χ1v) is 11.1. The fourth-order valence-electron chi connectivity index (χ4n) is 5.13. The van der Waals surface area contributed by atoms with Gasteiger partial charge in [0.1, 0.15) is 19.1 Å². The molecule has 3 rings (SSSR count). The highest BCUT2D eigenvalue weighted by Gasteiger charge is 2.36. The molecule has 1 aromatic rings. The Morgan fingerprint density at radius 2 is 1.68 bits per heavy atom. The van der Waals surface area contributed by atoms with Gasteiger partial charge >= 0.3 is 0 Å². The lowest BCUT2D eigenvalue weighted by atomic mass is 9.69. The summed E-state index contributed by atoms with van der Waals surface area (Å²) in [4.78, 5) is 14.6. The molecule has 2 fully saturated rings. The van der Waals surface area contributed by atoms with E-state index in [9.17, 15) is 4.79 Å². The molecule has 1 aliphatic carbocycles. The highest BCUT2D eigenvalue weighted by molar-refractivity contribution is 5.79. The van der Waals surface area contributed by atoms with E-state index in [4.69, 9.17) is 4.74 Å². The molecule has 28 heavy (non-hydrogen) atoms. The van der Waals surface area contributed by atoms with E-state index in [-0.39, 0.29) is 23.9 Å². The highest BCUT2D eigenvalue weighted by Crippen LogP contribution is 2.39. The van der Waals surface area contributed by atoms with Gasteiger partial charge < -0.3 is 15.0 Å². The number of quaternary nitrogens is 1. The number of nitrogens with one attached hydrogen (secondary N) is 2. The maximum Gasteiger partial charge on any atom is 0.223 e. The van der Waals surface area contributed by atoms with Gasteiger partial charge in [0.15, 0.2) is 0 Å². The molecule has 0 aromatic heterocycles. The third-order valence-corrected chi connectivity index (χ3v) is 6.93. The van der Waals surface area contributed by atoms with Crippen LogP contribution in [0.4, 0.5) is 0 Å². The fraction of sp³-hybridized carbons (Fsp3) is 0.708. The Morgan fingerprint density at radius 1 is 1.07 bits per heavy atom. The van der Waals surface area contributed by atoms with Crippen LogP contribution in [0.3, 0.4) is 0 Å². The standard InChI is InChI=1S/C24H38N2O2/c1-18(25-23(27)20-10-12-21(13-11-20)24(2,3)4)22(19-8-6-5-7-9-19)26-14-16-28-17-15-26/h5-9,18,20-22H,10-17H2,1-4H3,(H,25,27)/p+1/t18-,20?,21?,22+/m1/s1. The Labute approximate surface area is 171 Å². The van der Waals surface area contributed by atoms with Crippen molar-refractivity contribution in [1.29, 1.82) is 0 Å². The fourth-order valence-corrected chi connectivity index (χ4v) is 5.13. The van der Waals surface area contributed by atoms with Crippen molar-refractivity contribution in [3.63, 3.8) is 0 Å². The van der Waals surface area contributed by atoms with Gasteiger partial charge in [0.05, 0.1) is 19.3 Å². The molecule has 0 bridgehead atoms. The van der Waals surface area contributed by atoms with E-state index in [1.807, 2.05) is 0 Å². The van der Waals surface area contributed by atoms with Crippen molar-refractivity contribution in [2.24, 2.45) is 17.3 Å². The van der Waals surface area contributed by atoms with E-state index in [0.29, 0.717) is 5.41 Å². The van der Waals surface area contributed by atoms with Crippen LogP contribution < -0.4 is 10.2 Å². The molecule has 0 radical (unpaired) electrons. The van der Waals surface area contributed by atoms with Crippen LogP contribution in [0.2, 0.25) is 0 Å². The number of hydrogen-bond acceptors (Lipinski definition) is 2. The molecular weight excluding hydrogens is 348 g/mol. The summed E-state index contributed by atoms with van der Waals surface area (Å²) in [5, 5.41) is 3.40. The minimum Gasteiger partial charge on any atom is -0.370 e. The summed E-state index contributed by atoms with van der Waals surface area (Å²) >= 11 is 0. The molecule has 4 nitrogen and oxygen atoms in total. The zero-order chi connectivity index (χ0) is 20.1. The SMILES string of the molecule is C[C@@H](NC(=O)C1CCC(C(C)(C)C)CC1)[C@@H](c1ccccc1)[NH+]1CCOCC1. The minimum atomic E-state index is 0.114. The number of benzene rings is 1. The van der Waals surface area contributed by atoms with Crippen molar-refractivity contribution >= 4 is 5.91 Å². The van der Waals surface area contributed by atoms with Gasteiger partial charge in [-0.15, -0.1) is 0 Å². The molecule has 2 N–H and O–H groups in total. The second-order valence-corrected chi connectivity index (χ2v) is 9.87. The van der Waals surface area contributed by atoms with E-state index in [1.54, 1.807) is 0 Å². The van der Waals surface area contributed by atoms with Crippen LogP contribution in [-0.2, 0) is 9.53 Å². The summed E-state index contributed by atoms with van der Waals surface area (Å²) in [5.74, 6) is 1.18. The largest absolute Gasteiger partial charge is 0.370 e. The van der Waals surface area contributed by atoms with Gasteiger partial charge in [0, 0.05) is 11.5 Å². The van der Waals surface area contributed by atoms with Gasteiger partial charge in [-0.2, -0.15) is 0 Å². The third kappa shape index (κ3) is 5.36. The number of rotatable bonds is 5. The topological polar surface area (TPSA) is 42.8 Å². The van der Waals surface area contributed by atoms with Crippen LogP contribution in [0, 0.1) is 17.3 Å². The summed E-state index contributed by atoms with van der Waals surface area (Å²) in [5.41, 5.74) is 1.66. The van der Waals surface area contributed by atoms with E-state index >= 15 is 0 Å². The lowest BCUT2D eigenvalue weighted by molar-refractivity contribution is -0.940. The quantitative estimate of drug-likeness (QED) is 0.816. The van der Waals surface area contributed by atoms with E-state index in [0.717, 1.165) is 45.1 Å². The lowest BCUT2D eigenvalue weighted by Gasteiger charge is -2.38. The van der Waals surface area contributed by atoms with Gasteiger partial charge in [0.25, 0.3) is 0 Å². The number of amides is 1. The predicted octanol–water partition coefficient (Wildman–Crippen LogP) is 3.00. The van der Waals surface area contributed by atoms with Crippen LogP contribution in [0.5, 0.6) is 0 Å².